The molecule has 1 heterocycles. The minimum absolute atomic E-state index is 0.333. The van der Waals surface area contributed by atoms with Crippen molar-refractivity contribution in [2.75, 3.05) is 26.2 Å². The first-order valence-corrected chi connectivity index (χ1v) is 6.05. The van der Waals surface area contributed by atoms with Crippen molar-refractivity contribution in [2.45, 2.75) is 0 Å². The van der Waals surface area contributed by atoms with E-state index in [0.717, 1.165) is 13.1 Å². The van der Waals surface area contributed by atoms with Crippen LogP contribution in [-0.2, 0) is 0 Å². The van der Waals surface area contributed by atoms with E-state index in [2.05, 4.69) is 5.32 Å². The fourth-order valence-corrected chi connectivity index (χ4v) is 2.01. The van der Waals surface area contributed by atoms with Gasteiger partial charge in [-0.25, -0.2) is 4.79 Å². The van der Waals surface area contributed by atoms with Gasteiger partial charge in [-0.05, 0) is 18.2 Å². The standard InChI is InChI=1S/C11H12Cl2N2O2/c12-8-1-2-10(9(13)7-8)17-11(16)15-5-3-14-4-6-15/h1-2,7,14H,3-6H2. The molecule has 1 N–H and O–H groups in total. The molecule has 0 atom stereocenters. The number of benzene rings is 1. The Labute approximate surface area is 109 Å². The molecule has 1 amide bonds. The first-order chi connectivity index (χ1) is 8.16. The van der Waals surface area contributed by atoms with Crippen molar-refractivity contribution in [1.82, 2.24) is 10.2 Å². The van der Waals surface area contributed by atoms with Crippen molar-refractivity contribution >= 4 is 29.3 Å². The molecule has 0 saturated carbocycles. The number of carbonyl (C=O) groups is 1. The summed E-state index contributed by atoms with van der Waals surface area (Å²) in [6.45, 7) is 2.85. The smallest absolute Gasteiger partial charge is 0.409 e. The van der Waals surface area contributed by atoms with E-state index in [1.165, 1.54) is 0 Å². The van der Waals surface area contributed by atoms with E-state index < -0.39 is 0 Å². The molecular formula is C11H12Cl2N2O2. The fourth-order valence-electron chi connectivity index (χ4n) is 1.56. The molecular weight excluding hydrogens is 263 g/mol. The molecule has 0 spiro atoms. The maximum atomic E-state index is 11.8. The van der Waals surface area contributed by atoms with Crippen LogP contribution in [-0.4, -0.2) is 37.2 Å². The van der Waals surface area contributed by atoms with Gasteiger partial charge in [-0.3, -0.25) is 0 Å². The average Bonchev–Trinajstić information content (AvgIpc) is 2.34. The second-order valence-corrected chi connectivity index (χ2v) is 4.52. The van der Waals surface area contributed by atoms with Gasteiger partial charge in [-0.15, -0.1) is 0 Å². The molecule has 1 aromatic rings. The third kappa shape index (κ3) is 3.25. The van der Waals surface area contributed by atoms with Gasteiger partial charge in [-0.1, -0.05) is 23.2 Å². The third-order valence-electron chi connectivity index (χ3n) is 2.47. The van der Waals surface area contributed by atoms with Crippen molar-refractivity contribution in [3.63, 3.8) is 0 Å². The zero-order valence-electron chi connectivity index (χ0n) is 9.08. The van der Waals surface area contributed by atoms with Gasteiger partial charge in [0.1, 0.15) is 0 Å². The van der Waals surface area contributed by atoms with Crippen LogP contribution in [0.5, 0.6) is 5.75 Å². The Kier molecular flexibility index (Phi) is 4.10. The number of halogens is 2. The Morgan fingerprint density at radius 2 is 2.00 bits per heavy atom. The second-order valence-electron chi connectivity index (χ2n) is 3.68. The number of piperazine rings is 1. The van der Waals surface area contributed by atoms with Crippen LogP contribution in [0, 0.1) is 0 Å². The second kappa shape index (κ2) is 5.58. The molecule has 0 unspecified atom stereocenters. The van der Waals surface area contributed by atoms with Crippen molar-refractivity contribution < 1.29 is 9.53 Å². The van der Waals surface area contributed by atoms with E-state index in [0.29, 0.717) is 28.9 Å². The maximum absolute atomic E-state index is 11.8. The number of carbonyl (C=O) groups excluding carboxylic acids is 1. The van der Waals surface area contributed by atoms with E-state index in [9.17, 15) is 4.79 Å². The Morgan fingerprint density at radius 1 is 1.29 bits per heavy atom. The first kappa shape index (κ1) is 12.5. The Bertz CT molecular complexity index is 420. The van der Waals surface area contributed by atoms with Crippen molar-refractivity contribution in [2.24, 2.45) is 0 Å². The number of nitrogens with one attached hydrogen (secondary N) is 1. The number of hydrogen-bond acceptors (Lipinski definition) is 3. The number of hydrogen-bond donors (Lipinski definition) is 1. The zero-order chi connectivity index (χ0) is 12.3. The van der Waals surface area contributed by atoms with Crippen LogP contribution in [0.25, 0.3) is 0 Å². The lowest BCUT2D eigenvalue weighted by Crippen LogP contribution is -2.47. The van der Waals surface area contributed by atoms with E-state index >= 15 is 0 Å². The minimum atomic E-state index is -0.379. The Morgan fingerprint density at radius 3 is 2.65 bits per heavy atom. The van der Waals surface area contributed by atoms with Gasteiger partial charge >= 0.3 is 6.09 Å². The number of amides is 1. The van der Waals surface area contributed by atoms with Crippen LogP contribution in [0.1, 0.15) is 0 Å². The SMILES string of the molecule is O=C(Oc1ccc(Cl)cc1Cl)N1CCNCC1. The predicted molar refractivity (Wildman–Crippen MR) is 66.9 cm³/mol. The fraction of sp³-hybridized carbons (Fsp3) is 0.364. The minimum Gasteiger partial charge on any atom is -0.409 e. The molecule has 0 aromatic heterocycles. The van der Waals surface area contributed by atoms with Crippen molar-refractivity contribution in [3.05, 3.63) is 28.2 Å². The lowest BCUT2D eigenvalue weighted by molar-refractivity contribution is 0.146. The molecule has 6 heteroatoms. The summed E-state index contributed by atoms with van der Waals surface area (Å²) in [6, 6.07) is 4.77. The van der Waals surface area contributed by atoms with Gasteiger partial charge in [0.15, 0.2) is 5.75 Å². The van der Waals surface area contributed by atoms with Gasteiger partial charge in [0.2, 0.25) is 0 Å². The van der Waals surface area contributed by atoms with Gasteiger partial charge in [0.05, 0.1) is 5.02 Å². The average molecular weight is 275 g/mol. The van der Waals surface area contributed by atoms with Crippen molar-refractivity contribution in [1.29, 1.82) is 0 Å². The molecule has 2 rings (SSSR count). The monoisotopic (exact) mass is 274 g/mol. The third-order valence-corrected chi connectivity index (χ3v) is 3.00. The van der Waals surface area contributed by atoms with Crippen LogP contribution >= 0.6 is 23.2 Å². The molecule has 0 radical (unpaired) electrons. The Balaban J connectivity index is 2.02. The molecule has 1 fully saturated rings. The highest BCUT2D eigenvalue weighted by Crippen LogP contribution is 2.27. The van der Waals surface area contributed by atoms with E-state index in [1.807, 2.05) is 0 Å². The van der Waals surface area contributed by atoms with E-state index in [1.54, 1.807) is 23.1 Å². The van der Waals surface area contributed by atoms with Gasteiger partial charge in [-0.2, -0.15) is 0 Å². The predicted octanol–water partition coefficient (Wildman–Crippen LogP) is 2.40. The van der Waals surface area contributed by atoms with Crippen molar-refractivity contribution in [3.8, 4) is 5.75 Å². The highest BCUT2D eigenvalue weighted by molar-refractivity contribution is 6.35. The van der Waals surface area contributed by atoms with E-state index in [-0.39, 0.29) is 6.09 Å². The summed E-state index contributed by atoms with van der Waals surface area (Å²) in [4.78, 5) is 13.4. The molecule has 1 aromatic carbocycles. The summed E-state index contributed by atoms with van der Waals surface area (Å²) >= 11 is 11.7. The van der Waals surface area contributed by atoms with E-state index in [4.69, 9.17) is 27.9 Å². The highest BCUT2D eigenvalue weighted by atomic mass is 35.5. The molecule has 17 heavy (non-hydrogen) atoms. The number of ether oxygens (including phenoxy) is 1. The van der Waals surface area contributed by atoms with Crippen LogP contribution < -0.4 is 10.1 Å². The lowest BCUT2D eigenvalue weighted by Gasteiger charge is -2.26. The van der Waals surface area contributed by atoms with Gasteiger partial charge in [0, 0.05) is 31.2 Å². The lowest BCUT2D eigenvalue weighted by atomic mass is 10.3. The molecule has 1 saturated heterocycles. The van der Waals surface area contributed by atoms with Crippen LogP contribution in [0.15, 0.2) is 18.2 Å². The molecule has 1 aliphatic rings. The molecule has 92 valence electrons. The summed E-state index contributed by atoms with van der Waals surface area (Å²) < 4.78 is 5.21. The summed E-state index contributed by atoms with van der Waals surface area (Å²) in [7, 11) is 0. The summed E-state index contributed by atoms with van der Waals surface area (Å²) in [6.07, 6.45) is -0.379. The number of nitrogens with zero attached hydrogens (tertiary/aromatic N) is 1. The van der Waals surface area contributed by atoms with Gasteiger partial charge in [0.25, 0.3) is 0 Å². The van der Waals surface area contributed by atoms with Crippen LogP contribution in [0.2, 0.25) is 10.0 Å². The summed E-state index contributed by atoms with van der Waals surface area (Å²) in [5.41, 5.74) is 0. The topological polar surface area (TPSA) is 41.6 Å². The quantitative estimate of drug-likeness (QED) is 0.855. The highest BCUT2D eigenvalue weighted by Gasteiger charge is 2.19. The number of rotatable bonds is 1. The first-order valence-electron chi connectivity index (χ1n) is 5.29. The van der Waals surface area contributed by atoms with Crippen LogP contribution in [0.3, 0.4) is 0 Å². The molecule has 4 nitrogen and oxygen atoms in total. The summed E-state index contributed by atoms with van der Waals surface area (Å²) in [5.74, 6) is 0.333. The molecule has 0 aliphatic carbocycles. The molecule has 0 bridgehead atoms. The Hall–Kier alpha value is -0.970. The summed E-state index contributed by atoms with van der Waals surface area (Å²) in [5, 5.41) is 4.00. The maximum Gasteiger partial charge on any atom is 0.415 e. The van der Waals surface area contributed by atoms with Crippen LogP contribution in [0.4, 0.5) is 4.79 Å². The molecule has 1 aliphatic heterocycles. The zero-order valence-corrected chi connectivity index (χ0v) is 10.6. The normalized spacial score (nSPS) is 15.8. The largest absolute Gasteiger partial charge is 0.415 e. The van der Waals surface area contributed by atoms with Gasteiger partial charge < -0.3 is 15.0 Å².